The monoisotopic (exact) mass is 390 g/mol. The SMILES string of the molecule is Cc1cc(O)c2c(c1)C(=O)C(c1c(C)cc3c(c1O)C(=O)[C@@H]1O[C@@H]1C3=O)=CC2=O. The third-order valence-electron chi connectivity index (χ3n) is 5.56. The number of phenols is 2. The second-order valence-electron chi connectivity index (χ2n) is 7.50. The van der Waals surface area contributed by atoms with Crippen molar-refractivity contribution in [1.29, 1.82) is 0 Å². The van der Waals surface area contributed by atoms with Gasteiger partial charge >= 0.3 is 0 Å². The number of aryl methyl sites for hydroxylation is 2. The summed E-state index contributed by atoms with van der Waals surface area (Å²) in [6, 6.07) is 4.32. The maximum atomic E-state index is 13.1. The molecule has 1 saturated heterocycles. The fourth-order valence-corrected chi connectivity index (χ4v) is 4.20. The molecule has 0 amide bonds. The van der Waals surface area contributed by atoms with Crippen molar-refractivity contribution < 1.29 is 34.1 Å². The van der Waals surface area contributed by atoms with E-state index in [1.807, 2.05) is 0 Å². The maximum Gasteiger partial charge on any atom is 0.199 e. The van der Waals surface area contributed by atoms with Gasteiger partial charge in [0.25, 0.3) is 0 Å². The average Bonchev–Trinajstić information content (AvgIpc) is 3.44. The molecular formula is C22H14O7. The molecule has 1 aliphatic heterocycles. The first-order chi connectivity index (χ1) is 13.7. The van der Waals surface area contributed by atoms with Crippen LogP contribution in [0.2, 0.25) is 0 Å². The molecule has 3 aliphatic rings. The molecule has 2 aliphatic carbocycles. The number of phenolic OH excluding ortho intramolecular Hbond substituents is 2. The molecule has 1 fully saturated rings. The summed E-state index contributed by atoms with van der Waals surface area (Å²) in [4.78, 5) is 50.7. The van der Waals surface area contributed by atoms with Gasteiger partial charge in [0.05, 0.1) is 11.1 Å². The van der Waals surface area contributed by atoms with Crippen molar-refractivity contribution in [3.63, 3.8) is 0 Å². The lowest BCUT2D eigenvalue weighted by atomic mass is 9.79. The van der Waals surface area contributed by atoms with Gasteiger partial charge in [0.1, 0.15) is 11.5 Å². The van der Waals surface area contributed by atoms with Gasteiger partial charge < -0.3 is 14.9 Å². The molecule has 1 heterocycles. The minimum atomic E-state index is -0.908. The van der Waals surface area contributed by atoms with Gasteiger partial charge in [0.15, 0.2) is 35.3 Å². The lowest BCUT2D eigenvalue weighted by Crippen LogP contribution is -2.27. The first kappa shape index (κ1) is 17.5. The topological polar surface area (TPSA) is 121 Å². The number of hydrogen-bond donors (Lipinski definition) is 2. The van der Waals surface area contributed by atoms with E-state index >= 15 is 0 Å². The summed E-state index contributed by atoms with van der Waals surface area (Å²) in [6.07, 6.45) is -0.677. The van der Waals surface area contributed by atoms with Gasteiger partial charge in [-0.05, 0) is 49.2 Å². The normalized spacial score (nSPS) is 22.1. The van der Waals surface area contributed by atoms with E-state index in [0.29, 0.717) is 11.1 Å². The highest BCUT2D eigenvalue weighted by molar-refractivity contribution is 6.40. The Hall–Kier alpha value is -3.58. The quantitative estimate of drug-likeness (QED) is 0.717. The first-order valence-corrected chi connectivity index (χ1v) is 8.96. The molecule has 7 nitrogen and oxygen atoms in total. The largest absolute Gasteiger partial charge is 0.507 e. The fourth-order valence-electron chi connectivity index (χ4n) is 4.20. The summed E-state index contributed by atoms with van der Waals surface area (Å²) in [5.74, 6) is -2.87. The van der Waals surface area contributed by atoms with Crippen LogP contribution in [0.1, 0.15) is 58.1 Å². The third-order valence-corrected chi connectivity index (χ3v) is 5.56. The van der Waals surface area contributed by atoms with E-state index < -0.39 is 35.3 Å². The van der Waals surface area contributed by atoms with Gasteiger partial charge in [-0.25, -0.2) is 0 Å². The van der Waals surface area contributed by atoms with Gasteiger partial charge in [0.2, 0.25) is 0 Å². The lowest BCUT2D eigenvalue weighted by molar-refractivity contribution is 0.0919. The van der Waals surface area contributed by atoms with Crippen LogP contribution in [-0.4, -0.2) is 45.6 Å². The Morgan fingerprint density at radius 1 is 0.828 bits per heavy atom. The molecule has 2 atom stereocenters. The summed E-state index contributed by atoms with van der Waals surface area (Å²) in [5.41, 5.74) is 0.680. The molecule has 2 aromatic rings. The molecule has 0 unspecified atom stereocenters. The van der Waals surface area contributed by atoms with Gasteiger partial charge in [0, 0.05) is 22.3 Å². The minimum Gasteiger partial charge on any atom is -0.507 e. The van der Waals surface area contributed by atoms with Crippen LogP contribution in [0.15, 0.2) is 24.3 Å². The van der Waals surface area contributed by atoms with Crippen molar-refractivity contribution in [3.05, 3.63) is 63.2 Å². The van der Waals surface area contributed by atoms with Crippen molar-refractivity contribution in [2.45, 2.75) is 26.1 Å². The van der Waals surface area contributed by atoms with Crippen LogP contribution >= 0.6 is 0 Å². The molecule has 5 rings (SSSR count). The van der Waals surface area contributed by atoms with Gasteiger partial charge in [-0.15, -0.1) is 0 Å². The van der Waals surface area contributed by atoms with Gasteiger partial charge in [-0.3, -0.25) is 19.2 Å². The number of hydrogen-bond acceptors (Lipinski definition) is 7. The number of benzene rings is 2. The van der Waals surface area contributed by atoms with Crippen LogP contribution in [0.25, 0.3) is 5.57 Å². The number of carbonyl (C=O) groups excluding carboxylic acids is 4. The lowest BCUT2D eigenvalue weighted by Gasteiger charge is -2.22. The molecule has 2 aromatic carbocycles. The summed E-state index contributed by atoms with van der Waals surface area (Å²) in [6.45, 7) is 3.25. The van der Waals surface area contributed by atoms with Crippen LogP contribution in [0.3, 0.4) is 0 Å². The Labute approximate surface area is 164 Å². The Bertz CT molecular complexity index is 1250. The van der Waals surface area contributed by atoms with Gasteiger partial charge in [-0.2, -0.15) is 0 Å². The average molecular weight is 390 g/mol. The van der Waals surface area contributed by atoms with Crippen molar-refractivity contribution in [1.82, 2.24) is 0 Å². The van der Waals surface area contributed by atoms with Crippen LogP contribution in [0.4, 0.5) is 0 Å². The zero-order chi connectivity index (χ0) is 20.8. The Morgan fingerprint density at radius 2 is 1.52 bits per heavy atom. The maximum absolute atomic E-state index is 13.1. The van der Waals surface area contributed by atoms with E-state index in [9.17, 15) is 29.4 Å². The molecule has 0 radical (unpaired) electrons. The predicted octanol–water partition coefficient (Wildman–Crippen LogP) is 2.32. The molecular weight excluding hydrogens is 376 g/mol. The molecule has 29 heavy (non-hydrogen) atoms. The van der Waals surface area contributed by atoms with E-state index in [1.54, 1.807) is 13.8 Å². The number of ketones is 4. The fraction of sp³-hybridized carbons (Fsp3) is 0.182. The number of rotatable bonds is 1. The number of carbonyl (C=O) groups is 4. The van der Waals surface area contributed by atoms with Crippen molar-refractivity contribution in [2.75, 3.05) is 0 Å². The van der Waals surface area contributed by atoms with E-state index in [-0.39, 0.29) is 44.9 Å². The molecule has 7 heteroatoms. The van der Waals surface area contributed by atoms with Crippen LogP contribution in [0, 0.1) is 13.8 Å². The zero-order valence-electron chi connectivity index (χ0n) is 15.4. The van der Waals surface area contributed by atoms with E-state index in [0.717, 1.165) is 6.08 Å². The van der Waals surface area contributed by atoms with Crippen LogP contribution < -0.4 is 0 Å². The Morgan fingerprint density at radius 3 is 2.24 bits per heavy atom. The van der Waals surface area contributed by atoms with Crippen LogP contribution in [0.5, 0.6) is 11.5 Å². The highest BCUT2D eigenvalue weighted by Gasteiger charge is 2.56. The third kappa shape index (κ3) is 2.22. The standard InChI is InChI=1S/C22H14O7/c1-7-3-9-15(12(23)4-7)13(24)6-11(17(9)25)14-8(2)5-10-16(19(14)27)20(28)22-21(29-22)18(10)26/h3-6,21-23,27H,1-2H3/t21-,22+/m1/s1. The van der Waals surface area contributed by atoms with Crippen molar-refractivity contribution in [3.8, 4) is 11.5 Å². The first-order valence-electron chi connectivity index (χ1n) is 8.96. The number of allylic oxidation sites excluding steroid dienone is 2. The van der Waals surface area contributed by atoms with Crippen molar-refractivity contribution >= 4 is 28.7 Å². The zero-order valence-corrected chi connectivity index (χ0v) is 15.4. The predicted molar refractivity (Wildman–Crippen MR) is 99.6 cm³/mol. The Kier molecular flexibility index (Phi) is 3.31. The molecule has 0 spiro atoms. The van der Waals surface area contributed by atoms with E-state index in [4.69, 9.17) is 4.74 Å². The highest BCUT2D eigenvalue weighted by Crippen LogP contribution is 2.45. The van der Waals surface area contributed by atoms with Crippen LogP contribution in [-0.2, 0) is 4.74 Å². The molecule has 0 bridgehead atoms. The molecule has 2 N–H and O–H groups in total. The Balaban J connectivity index is 1.74. The minimum absolute atomic E-state index is 0.0222. The van der Waals surface area contributed by atoms with E-state index in [1.165, 1.54) is 18.2 Å². The van der Waals surface area contributed by atoms with E-state index in [2.05, 4.69) is 0 Å². The molecule has 144 valence electrons. The molecule has 0 aromatic heterocycles. The number of Topliss-reactive ketones (excluding diaryl/α,β-unsaturated/α-hetero) is 3. The smallest absolute Gasteiger partial charge is 0.199 e. The highest BCUT2D eigenvalue weighted by atomic mass is 16.6. The second kappa shape index (κ2) is 5.48. The second-order valence-corrected chi connectivity index (χ2v) is 7.50. The summed E-state index contributed by atoms with van der Waals surface area (Å²) in [7, 11) is 0. The number of aromatic hydroxyl groups is 2. The number of fused-ring (bicyclic) bond motifs is 3. The van der Waals surface area contributed by atoms with Gasteiger partial charge in [-0.1, -0.05) is 0 Å². The number of epoxide rings is 1. The summed E-state index contributed by atoms with van der Waals surface area (Å²) in [5, 5.41) is 21.0. The van der Waals surface area contributed by atoms with Crippen molar-refractivity contribution in [2.24, 2.45) is 0 Å². The number of ether oxygens (including phenoxy) is 1. The molecule has 0 saturated carbocycles. The summed E-state index contributed by atoms with van der Waals surface area (Å²) < 4.78 is 5.10. The summed E-state index contributed by atoms with van der Waals surface area (Å²) >= 11 is 0.